The Morgan fingerprint density at radius 3 is 2.67 bits per heavy atom. The molecule has 0 radical (unpaired) electrons. The summed E-state index contributed by atoms with van der Waals surface area (Å²) in [5.41, 5.74) is 0.668. The third-order valence-electron chi connectivity index (χ3n) is 4.83. The summed E-state index contributed by atoms with van der Waals surface area (Å²) in [6.45, 7) is 12.2. The minimum absolute atomic E-state index is 0.194. The van der Waals surface area contributed by atoms with E-state index in [2.05, 4.69) is 27.4 Å². The van der Waals surface area contributed by atoms with Gasteiger partial charge in [0.1, 0.15) is 5.76 Å². The third-order valence-corrected chi connectivity index (χ3v) is 4.83. The Morgan fingerprint density at radius 2 is 2.10 bits per heavy atom. The lowest BCUT2D eigenvalue weighted by molar-refractivity contribution is -0.270. The van der Waals surface area contributed by atoms with Gasteiger partial charge in [-0.1, -0.05) is 26.8 Å². The largest absolute Gasteiger partial charge is 0.456 e. The van der Waals surface area contributed by atoms with Crippen LogP contribution in [0.4, 0.5) is 0 Å². The topological polar surface area (TPSA) is 35.5 Å². The lowest BCUT2D eigenvalue weighted by Gasteiger charge is -2.48. The Hall–Kier alpha value is -1.25. The van der Waals surface area contributed by atoms with Crippen LogP contribution in [-0.2, 0) is 14.3 Å². The number of carbonyl (C=O) groups is 1. The van der Waals surface area contributed by atoms with E-state index in [0.717, 1.165) is 25.0 Å². The molecule has 1 saturated carbocycles. The van der Waals surface area contributed by atoms with Gasteiger partial charge in [-0.3, -0.25) is 0 Å². The number of carbonyl (C=O) groups excluding carboxylic acids is 1. The van der Waals surface area contributed by atoms with Crippen LogP contribution in [-0.4, -0.2) is 11.8 Å². The summed E-state index contributed by atoms with van der Waals surface area (Å²) in [6, 6.07) is 0. The van der Waals surface area contributed by atoms with Gasteiger partial charge in [0.25, 0.3) is 5.79 Å². The Bertz CT molecular complexity index is 449. The predicted octanol–water partition coefficient (Wildman–Crippen LogP) is 4.59. The van der Waals surface area contributed by atoms with Crippen molar-refractivity contribution in [2.75, 3.05) is 0 Å². The van der Waals surface area contributed by atoms with Gasteiger partial charge in [0, 0.05) is 12.3 Å². The number of rotatable bonds is 4. The van der Waals surface area contributed by atoms with Crippen molar-refractivity contribution in [2.24, 2.45) is 17.8 Å². The van der Waals surface area contributed by atoms with Crippen molar-refractivity contribution in [2.45, 2.75) is 65.6 Å². The predicted molar refractivity (Wildman–Crippen MR) is 83.4 cm³/mol. The number of hydrogen-bond acceptors (Lipinski definition) is 3. The van der Waals surface area contributed by atoms with Gasteiger partial charge in [0.05, 0.1) is 5.57 Å². The first-order valence-corrected chi connectivity index (χ1v) is 8.12. The number of hydrogen-bond donors (Lipinski definition) is 0. The summed E-state index contributed by atoms with van der Waals surface area (Å²) in [5, 5.41) is 0. The Kier molecular flexibility index (Phi) is 4.80. The van der Waals surface area contributed by atoms with Crippen LogP contribution in [0.1, 0.15) is 59.8 Å². The second kappa shape index (κ2) is 6.25. The van der Waals surface area contributed by atoms with Gasteiger partial charge in [-0.2, -0.15) is 0 Å². The average molecular weight is 292 g/mol. The number of ether oxygens (including phenoxy) is 2. The number of esters is 1. The molecule has 1 spiro atoms. The fourth-order valence-corrected chi connectivity index (χ4v) is 3.73. The summed E-state index contributed by atoms with van der Waals surface area (Å²) >= 11 is 0. The Labute approximate surface area is 128 Å². The molecule has 1 fully saturated rings. The summed E-state index contributed by atoms with van der Waals surface area (Å²) < 4.78 is 12.1. The summed E-state index contributed by atoms with van der Waals surface area (Å²) in [4.78, 5) is 12.5. The molecule has 2 rings (SSSR count). The lowest BCUT2D eigenvalue weighted by atomic mass is 9.72. The van der Waals surface area contributed by atoms with Crippen molar-refractivity contribution in [3.63, 3.8) is 0 Å². The molecule has 0 aromatic heterocycles. The molecule has 0 bridgehead atoms. The maximum absolute atomic E-state index is 12.5. The second-order valence-electron chi connectivity index (χ2n) is 6.90. The van der Waals surface area contributed by atoms with Crippen LogP contribution in [0.25, 0.3) is 0 Å². The van der Waals surface area contributed by atoms with Gasteiger partial charge in [-0.25, -0.2) is 4.79 Å². The lowest BCUT2D eigenvalue weighted by Crippen LogP contribution is -2.53. The van der Waals surface area contributed by atoms with E-state index in [1.807, 2.05) is 13.0 Å². The highest BCUT2D eigenvalue weighted by Crippen LogP contribution is 2.47. The maximum Gasteiger partial charge on any atom is 0.340 e. The molecule has 1 aliphatic carbocycles. The highest BCUT2D eigenvalue weighted by molar-refractivity contribution is 5.89. The van der Waals surface area contributed by atoms with Crippen LogP contribution in [0.5, 0.6) is 0 Å². The molecule has 0 unspecified atom stereocenters. The molecule has 0 saturated heterocycles. The van der Waals surface area contributed by atoms with Crippen molar-refractivity contribution >= 4 is 5.97 Å². The monoisotopic (exact) mass is 292 g/mol. The zero-order chi connectivity index (χ0) is 15.6. The molecule has 1 heterocycles. The van der Waals surface area contributed by atoms with E-state index >= 15 is 0 Å². The van der Waals surface area contributed by atoms with Crippen molar-refractivity contribution in [3.8, 4) is 0 Å². The average Bonchev–Trinajstić information content (AvgIpc) is 2.37. The van der Waals surface area contributed by atoms with Gasteiger partial charge in [0.15, 0.2) is 0 Å². The SMILES string of the molecule is C=CCCC1=C(C)O[C@@]2(C[C@H](C)CC[C@H]2C(C)C)OC1=O. The molecular formula is C18H28O3. The standard InChI is InChI=1S/C18H28O3/c1-6-7-8-15-14(5)20-18(21-17(15)19)11-13(4)9-10-16(18)12(2)3/h6,12-13,16H,1,7-11H2,2-5H3/t13-,16+,18+/m1/s1. The van der Waals surface area contributed by atoms with Crippen molar-refractivity contribution in [3.05, 3.63) is 24.0 Å². The minimum atomic E-state index is -0.745. The first-order chi connectivity index (χ1) is 9.89. The summed E-state index contributed by atoms with van der Waals surface area (Å²) in [6.07, 6.45) is 6.26. The molecule has 118 valence electrons. The zero-order valence-corrected chi connectivity index (χ0v) is 13.8. The van der Waals surface area contributed by atoms with E-state index in [9.17, 15) is 4.79 Å². The summed E-state index contributed by atoms with van der Waals surface area (Å²) in [7, 11) is 0. The Balaban J connectivity index is 2.29. The molecule has 3 nitrogen and oxygen atoms in total. The van der Waals surface area contributed by atoms with E-state index < -0.39 is 5.79 Å². The highest BCUT2D eigenvalue weighted by Gasteiger charge is 2.52. The number of allylic oxidation sites excluding steroid dienone is 2. The van der Waals surface area contributed by atoms with E-state index in [0.29, 0.717) is 23.8 Å². The van der Waals surface area contributed by atoms with Gasteiger partial charge in [-0.05, 0) is 44.4 Å². The Morgan fingerprint density at radius 1 is 1.38 bits per heavy atom. The molecule has 0 N–H and O–H groups in total. The molecule has 1 aliphatic heterocycles. The minimum Gasteiger partial charge on any atom is -0.456 e. The van der Waals surface area contributed by atoms with E-state index in [1.54, 1.807) is 0 Å². The van der Waals surface area contributed by atoms with Crippen LogP contribution in [0.15, 0.2) is 24.0 Å². The van der Waals surface area contributed by atoms with Crippen molar-refractivity contribution in [1.82, 2.24) is 0 Å². The molecule has 0 aromatic carbocycles. The van der Waals surface area contributed by atoms with Crippen LogP contribution in [0.3, 0.4) is 0 Å². The van der Waals surface area contributed by atoms with Crippen molar-refractivity contribution in [1.29, 1.82) is 0 Å². The molecule has 21 heavy (non-hydrogen) atoms. The molecule has 2 aliphatic rings. The first-order valence-electron chi connectivity index (χ1n) is 8.12. The van der Waals surface area contributed by atoms with Crippen molar-refractivity contribution < 1.29 is 14.3 Å². The van der Waals surface area contributed by atoms with E-state index in [4.69, 9.17) is 9.47 Å². The highest BCUT2D eigenvalue weighted by atomic mass is 16.7. The van der Waals surface area contributed by atoms with Crippen LogP contribution >= 0.6 is 0 Å². The third kappa shape index (κ3) is 3.17. The van der Waals surface area contributed by atoms with Gasteiger partial charge in [-0.15, -0.1) is 6.58 Å². The van der Waals surface area contributed by atoms with Gasteiger partial charge < -0.3 is 9.47 Å². The first kappa shape index (κ1) is 16.1. The van der Waals surface area contributed by atoms with Gasteiger partial charge >= 0.3 is 5.97 Å². The molecule has 3 atom stereocenters. The van der Waals surface area contributed by atoms with Gasteiger partial charge in [0.2, 0.25) is 0 Å². The smallest absolute Gasteiger partial charge is 0.340 e. The quantitative estimate of drug-likeness (QED) is 0.561. The fraction of sp³-hybridized carbons (Fsp3) is 0.722. The zero-order valence-electron chi connectivity index (χ0n) is 13.8. The van der Waals surface area contributed by atoms with Crippen LogP contribution in [0.2, 0.25) is 0 Å². The molecule has 0 aromatic rings. The van der Waals surface area contributed by atoms with Crippen LogP contribution < -0.4 is 0 Å². The fourth-order valence-electron chi connectivity index (χ4n) is 3.73. The van der Waals surface area contributed by atoms with Crippen LogP contribution in [0, 0.1) is 17.8 Å². The second-order valence-corrected chi connectivity index (χ2v) is 6.90. The van der Waals surface area contributed by atoms with E-state index in [1.165, 1.54) is 6.42 Å². The summed E-state index contributed by atoms with van der Waals surface area (Å²) in [5.74, 6) is 1.04. The van der Waals surface area contributed by atoms with E-state index in [-0.39, 0.29) is 11.9 Å². The molecule has 3 heteroatoms. The maximum atomic E-state index is 12.5. The normalized spacial score (nSPS) is 33.1. The molecule has 0 amide bonds. The molecular weight excluding hydrogens is 264 g/mol.